The number of rotatable bonds is 7. The van der Waals surface area contributed by atoms with Crippen molar-refractivity contribution in [2.75, 3.05) is 0 Å². The van der Waals surface area contributed by atoms with Crippen LogP contribution >= 0.6 is 0 Å². The van der Waals surface area contributed by atoms with E-state index >= 15 is 0 Å². The van der Waals surface area contributed by atoms with E-state index < -0.39 is 5.91 Å². The topological polar surface area (TPSA) is 106 Å². The van der Waals surface area contributed by atoms with Crippen molar-refractivity contribution in [3.05, 3.63) is 102 Å². The molecule has 0 saturated carbocycles. The molecule has 7 nitrogen and oxygen atoms in total. The molecule has 0 spiro atoms. The predicted octanol–water partition coefficient (Wildman–Crippen LogP) is 3.72. The predicted molar refractivity (Wildman–Crippen MR) is 128 cm³/mol. The minimum atomic E-state index is -0.519. The number of amides is 2. The summed E-state index contributed by atoms with van der Waals surface area (Å²) in [6.45, 7) is 0.0549. The van der Waals surface area contributed by atoms with Crippen molar-refractivity contribution in [1.82, 2.24) is 19.9 Å². The molecule has 5 rings (SSSR count). The van der Waals surface area contributed by atoms with Gasteiger partial charge in [0.05, 0.1) is 22.6 Å². The number of hydrogen-bond acceptors (Lipinski definition) is 3. The Bertz CT molecular complexity index is 1420. The summed E-state index contributed by atoms with van der Waals surface area (Å²) in [6, 6.07) is 24.8. The molecule has 0 aliphatic heterocycles. The van der Waals surface area contributed by atoms with Crippen molar-refractivity contribution in [1.29, 1.82) is 0 Å². The van der Waals surface area contributed by atoms with E-state index in [4.69, 9.17) is 10.7 Å². The molecule has 3 aromatic carbocycles. The maximum atomic E-state index is 13.1. The fourth-order valence-electron chi connectivity index (χ4n) is 4.17. The molecule has 0 aliphatic rings. The number of aromatic amines is 1. The molecular weight excluding hydrogens is 414 g/mol. The number of carbonyl (C=O) groups is 2. The summed E-state index contributed by atoms with van der Waals surface area (Å²) in [4.78, 5) is 33.0. The van der Waals surface area contributed by atoms with E-state index in [-0.39, 0.29) is 18.5 Å². The third kappa shape index (κ3) is 4.21. The first-order valence-electron chi connectivity index (χ1n) is 10.7. The SMILES string of the molecule is NC(=O)c1cn(CC(=O)NC(Cc2ccccc2)c2nc3ccccc3[nH]2)c2ccccc12. The van der Waals surface area contributed by atoms with Gasteiger partial charge in [-0.1, -0.05) is 60.7 Å². The number of aromatic nitrogens is 3. The maximum Gasteiger partial charge on any atom is 0.250 e. The largest absolute Gasteiger partial charge is 0.366 e. The molecule has 2 aromatic heterocycles. The minimum Gasteiger partial charge on any atom is -0.366 e. The Labute approximate surface area is 190 Å². The average Bonchev–Trinajstić information content (AvgIpc) is 3.41. The van der Waals surface area contributed by atoms with E-state index in [2.05, 4.69) is 10.3 Å². The Kier molecular flexibility index (Phi) is 5.36. The van der Waals surface area contributed by atoms with E-state index in [1.807, 2.05) is 78.9 Å². The molecule has 0 saturated heterocycles. The molecule has 164 valence electrons. The van der Waals surface area contributed by atoms with E-state index in [9.17, 15) is 9.59 Å². The number of fused-ring (bicyclic) bond motifs is 2. The van der Waals surface area contributed by atoms with Crippen LogP contribution in [0.3, 0.4) is 0 Å². The second-order valence-corrected chi connectivity index (χ2v) is 8.00. The van der Waals surface area contributed by atoms with Crippen molar-refractivity contribution >= 4 is 33.8 Å². The lowest BCUT2D eigenvalue weighted by Gasteiger charge is -2.17. The zero-order valence-corrected chi connectivity index (χ0v) is 17.9. The summed E-state index contributed by atoms with van der Waals surface area (Å²) in [5, 5.41) is 3.86. The van der Waals surface area contributed by atoms with Gasteiger partial charge in [-0.15, -0.1) is 0 Å². The Morgan fingerprint density at radius 1 is 0.970 bits per heavy atom. The van der Waals surface area contributed by atoms with Gasteiger partial charge in [0.25, 0.3) is 5.91 Å². The summed E-state index contributed by atoms with van der Waals surface area (Å²) in [7, 11) is 0. The fourth-order valence-corrected chi connectivity index (χ4v) is 4.17. The number of carbonyl (C=O) groups excluding carboxylic acids is 2. The van der Waals surface area contributed by atoms with Gasteiger partial charge in [-0.25, -0.2) is 4.98 Å². The van der Waals surface area contributed by atoms with E-state index in [1.165, 1.54) is 0 Å². The second kappa shape index (κ2) is 8.63. The Hall–Kier alpha value is -4.39. The number of benzene rings is 3. The molecule has 0 fully saturated rings. The Morgan fingerprint density at radius 3 is 2.48 bits per heavy atom. The number of nitrogens with zero attached hydrogens (tertiary/aromatic N) is 2. The summed E-state index contributed by atoms with van der Waals surface area (Å²) in [5.41, 5.74) is 9.58. The van der Waals surface area contributed by atoms with Crippen LogP contribution in [0.2, 0.25) is 0 Å². The van der Waals surface area contributed by atoms with Crippen LogP contribution in [-0.4, -0.2) is 26.3 Å². The van der Waals surface area contributed by atoms with Crippen LogP contribution in [0.15, 0.2) is 85.1 Å². The number of hydrogen-bond donors (Lipinski definition) is 3. The normalized spacial score (nSPS) is 12.1. The lowest BCUT2D eigenvalue weighted by molar-refractivity contribution is -0.122. The van der Waals surface area contributed by atoms with Crippen molar-refractivity contribution in [2.45, 2.75) is 19.0 Å². The Balaban J connectivity index is 1.44. The number of nitrogens with one attached hydrogen (secondary N) is 2. The summed E-state index contributed by atoms with van der Waals surface area (Å²) in [5.74, 6) is -0.00802. The molecular formula is C26H23N5O2. The number of para-hydroxylation sites is 3. The highest BCUT2D eigenvalue weighted by molar-refractivity contribution is 6.06. The molecule has 0 bridgehead atoms. The number of nitrogens with two attached hydrogens (primary N) is 1. The fraction of sp³-hybridized carbons (Fsp3) is 0.115. The molecule has 2 amide bonds. The highest BCUT2D eigenvalue weighted by Gasteiger charge is 2.20. The monoisotopic (exact) mass is 437 g/mol. The van der Waals surface area contributed by atoms with E-state index in [0.717, 1.165) is 27.5 Å². The van der Waals surface area contributed by atoms with Gasteiger partial charge in [-0.3, -0.25) is 9.59 Å². The number of primary amides is 1. The molecule has 0 aliphatic carbocycles. The molecule has 5 aromatic rings. The zero-order chi connectivity index (χ0) is 22.8. The average molecular weight is 438 g/mol. The van der Waals surface area contributed by atoms with Gasteiger partial charge < -0.3 is 20.6 Å². The van der Waals surface area contributed by atoms with Crippen LogP contribution in [0.5, 0.6) is 0 Å². The third-order valence-corrected chi connectivity index (χ3v) is 5.72. The first kappa shape index (κ1) is 20.5. The van der Waals surface area contributed by atoms with Gasteiger partial charge in [0.2, 0.25) is 5.91 Å². The van der Waals surface area contributed by atoms with Crippen LogP contribution in [0, 0.1) is 0 Å². The highest BCUT2D eigenvalue weighted by atomic mass is 16.2. The standard InChI is InChI=1S/C26H23N5O2/c27-25(33)19-15-31(23-13-7-4-10-18(19)23)16-24(32)28-22(14-17-8-2-1-3-9-17)26-29-20-11-5-6-12-21(20)30-26/h1-13,15,22H,14,16H2,(H2,27,33)(H,28,32)(H,29,30). The van der Waals surface area contributed by atoms with Crippen LogP contribution in [0.4, 0.5) is 0 Å². The van der Waals surface area contributed by atoms with Crippen LogP contribution in [-0.2, 0) is 17.8 Å². The van der Waals surface area contributed by atoms with Crippen LogP contribution < -0.4 is 11.1 Å². The molecule has 1 unspecified atom stereocenters. The first-order valence-corrected chi connectivity index (χ1v) is 10.7. The van der Waals surface area contributed by atoms with E-state index in [1.54, 1.807) is 10.8 Å². The lowest BCUT2D eigenvalue weighted by Crippen LogP contribution is -2.33. The van der Waals surface area contributed by atoms with Crippen molar-refractivity contribution in [2.24, 2.45) is 5.73 Å². The van der Waals surface area contributed by atoms with Crippen LogP contribution in [0.1, 0.15) is 27.8 Å². The van der Waals surface area contributed by atoms with Gasteiger partial charge >= 0.3 is 0 Å². The summed E-state index contributed by atoms with van der Waals surface area (Å²) >= 11 is 0. The van der Waals surface area contributed by atoms with Gasteiger partial charge in [0, 0.05) is 17.1 Å². The first-order chi connectivity index (χ1) is 16.1. The number of H-pyrrole nitrogens is 1. The van der Waals surface area contributed by atoms with Gasteiger partial charge in [0.1, 0.15) is 12.4 Å². The third-order valence-electron chi connectivity index (χ3n) is 5.72. The molecule has 0 radical (unpaired) electrons. The minimum absolute atomic E-state index is 0.0549. The highest BCUT2D eigenvalue weighted by Crippen LogP contribution is 2.22. The van der Waals surface area contributed by atoms with Crippen molar-refractivity contribution in [3.63, 3.8) is 0 Å². The zero-order valence-electron chi connectivity index (χ0n) is 17.9. The van der Waals surface area contributed by atoms with Crippen molar-refractivity contribution < 1.29 is 9.59 Å². The second-order valence-electron chi connectivity index (χ2n) is 8.00. The molecule has 4 N–H and O–H groups in total. The lowest BCUT2D eigenvalue weighted by atomic mass is 10.1. The smallest absolute Gasteiger partial charge is 0.250 e. The quantitative estimate of drug-likeness (QED) is 0.361. The van der Waals surface area contributed by atoms with Gasteiger partial charge in [-0.2, -0.15) is 0 Å². The van der Waals surface area contributed by atoms with Crippen molar-refractivity contribution in [3.8, 4) is 0 Å². The molecule has 33 heavy (non-hydrogen) atoms. The summed E-state index contributed by atoms with van der Waals surface area (Å²) < 4.78 is 1.75. The van der Waals surface area contributed by atoms with Gasteiger partial charge in [-0.05, 0) is 30.2 Å². The maximum absolute atomic E-state index is 13.1. The molecule has 2 heterocycles. The molecule has 1 atom stereocenters. The number of imidazole rings is 1. The van der Waals surface area contributed by atoms with Crippen LogP contribution in [0.25, 0.3) is 21.9 Å². The Morgan fingerprint density at radius 2 is 1.70 bits per heavy atom. The van der Waals surface area contributed by atoms with E-state index in [0.29, 0.717) is 17.8 Å². The van der Waals surface area contributed by atoms with Gasteiger partial charge in [0.15, 0.2) is 0 Å². The molecule has 7 heteroatoms. The summed E-state index contributed by atoms with van der Waals surface area (Å²) in [6.07, 6.45) is 2.23.